The molecule has 0 atom stereocenters. The molecule has 0 bridgehead atoms. The molecule has 0 radical (unpaired) electrons. The Labute approximate surface area is 125 Å². The van der Waals surface area contributed by atoms with Gasteiger partial charge in [-0.2, -0.15) is 5.26 Å². The molecule has 0 aromatic heterocycles. The molecule has 0 fully saturated rings. The van der Waals surface area contributed by atoms with Crippen molar-refractivity contribution in [2.75, 3.05) is 0 Å². The molecule has 1 aliphatic heterocycles. The Bertz CT molecular complexity index is 816. The van der Waals surface area contributed by atoms with Crippen LogP contribution in [0.3, 0.4) is 0 Å². The van der Waals surface area contributed by atoms with Gasteiger partial charge in [-0.15, -0.1) is 0 Å². The van der Waals surface area contributed by atoms with Gasteiger partial charge < -0.3 is 4.84 Å². The summed E-state index contributed by atoms with van der Waals surface area (Å²) in [6, 6.07) is 13.9. The third-order valence-electron chi connectivity index (χ3n) is 3.16. The molecule has 2 aromatic carbocycles. The van der Waals surface area contributed by atoms with Crippen molar-refractivity contribution in [2.45, 2.75) is 0 Å². The maximum atomic E-state index is 12.1. The maximum absolute atomic E-state index is 12.1. The van der Waals surface area contributed by atoms with E-state index < -0.39 is 17.8 Å². The van der Waals surface area contributed by atoms with Crippen LogP contribution in [0, 0.1) is 11.3 Å². The number of nitriles is 1. The van der Waals surface area contributed by atoms with E-state index in [1.54, 1.807) is 12.1 Å². The Morgan fingerprint density at radius 2 is 1.64 bits per heavy atom. The highest BCUT2D eigenvalue weighted by Crippen LogP contribution is 2.23. The first-order valence-corrected chi connectivity index (χ1v) is 6.32. The number of hydrogen-bond donors (Lipinski definition) is 0. The molecule has 22 heavy (non-hydrogen) atoms. The first kappa shape index (κ1) is 13.5. The minimum absolute atomic E-state index is 0.0793. The maximum Gasteiger partial charge on any atom is 0.363 e. The van der Waals surface area contributed by atoms with Gasteiger partial charge in [0.05, 0.1) is 28.3 Å². The summed E-state index contributed by atoms with van der Waals surface area (Å²) in [6.07, 6.45) is 0. The fourth-order valence-electron chi connectivity index (χ4n) is 2.10. The van der Waals surface area contributed by atoms with Gasteiger partial charge in [0.25, 0.3) is 11.8 Å². The number of rotatable bonds is 2. The highest BCUT2D eigenvalue weighted by atomic mass is 16.7. The molecule has 0 saturated carbocycles. The Morgan fingerprint density at radius 1 is 1.00 bits per heavy atom. The third-order valence-corrected chi connectivity index (χ3v) is 3.16. The van der Waals surface area contributed by atoms with E-state index in [9.17, 15) is 14.4 Å². The van der Waals surface area contributed by atoms with Crippen LogP contribution in [0.5, 0.6) is 0 Å². The van der Waals surface area contributed by atoms with Gasteiger partial charge in [-0.3, -0.25) is 9.59 Å². The molecule has 2 amide bonds. The standard InChI is InChI=1S/C16H8N2O4/c17-9-10-4-3-5-11(8-10)16(21)22-18-14(19)12-6-1-2-7-13(12)15(18)20/h1-8H. The van der Waals surface area contributed by atoms with E-state index in [0.29, 0.717) is 5.06 Å². The van der Waals surface area contributed by atoms with Crippen LogP contribution in [0.1, 0.15) is 36.6 Å². The second-order valence-electron chi connectivity index (χ2n) is 4.52. The second-order valence-corrected chi connectivity index (χ2v) is 4.52. The van der Waals surface area contributed by atoms with Crippen molar-refractivity contribution in [1.82, 2.24) is 5.06 Å². The fraction of sp³-hybridized carbons (Fsp3) is 0. The number of imide groups is 1. The van der Waals surface area contributed by atoms with Gasteiger partial charge in [0.2, 0.25) is 0 Å². The van der Waals surface area contributed by atoms with Crippen LogP contribution in [-0.2, 0) is 4.84 Å². The van der Waals surface area contributed by atoms with Crippen molar-refractivity contribution in [2.24, 2.45) is 0 Å². The van der Waals surface area contributed by atoms with Gasteiger partial charge in [-0.1, -0.05) is 23.3 Å². The van der Waals surface area contributed by atoms with Gasteiger partial charge in [0.1, 0.15) is 0 Å². The zero-order valence-electron chi connectivity index (χ0n) is 11.1. The van der Waals surface area contributed by atoms with Crippen LogP contribution in [0.25, 0.3) is 0 Å². The Morgan fingerprint density at radius 3 is 2.23 bits per heavy atom. The summed E-state index contributed by atoms with van der Waals surface area (Å²) < 4.78 is 0. The molecule has 106 valence electrons. The number of amides is 2. The smallest absolute Gasteiger partial charge is 0.324 e. The fourth-order valence-corrected chi connectivity index (χ4v) is 2.10. The Balaban J connectivity index is 1.85. The number of carbonyl (C=O) groups excluding carboxylic acids is 3. The molecule has 6 heteroatoms. The van der Waals surface area contributed by atoms with Gasteiger partial charge in [-0.05, 0) is 30.3 Å². The average molecular weight is 292 g/mol. The minimum Gasteiger partial charge on any atom is -0.324 e. The van der Waals surface area contributed by atoms with Crippen molar-refractivity contribution in [3.63, 3.8) is 0 Å². The van der Waals surface area contributed by atoms with Crippen LogP contribution in [0.15, 0.2) is 48.5 Å². The third kappa shape index (κ3) is 2.11. The Hall–Kier alpha value is -3.46. The van der Waals surface area contributed by atoms with Gasteiger partial charge in [0, 0.05) is 0 Å². The summed E-state index contributed by atoms with van der Waals surface area (Å²) in [4.78, 5) is 41.1. The summed E-state index contributed by atoms with van der Waals surface area (Å²) in [5, 5.41) is 9.25. The molecule has 6 nitrogen and oxygen atoms in total. The van der Waals surface area contributed by atoms with E-state index in [-0.39, 0.29) is 22.3 Å². The Kier molecular flexibility index (Phi) is 3.16. The van der Waals surface area contributed by atoms with Gasteiger partial charge in [-0.25, -0.2) is 4.79 Å². The minimum atomic E-state index is -0.883. The SMILES string of the molecule is N#Cc1cccc(C(=O)ON2C(=O)c3ccccc3C2=O)c1. The van der Waals surface area contributed by atoms with Crippen LogP contribution in [-0.4, -0.2) is 22.8 Å². The van der Waals surface area contributed by atoms with Crippen LogP contribution in [0.2, 0.25) is 0 Å². The summed E-state index contributed by atoms with van der Waals surface area (Å²) >= 11 is 0. The lowest BCUT2D eigenvalue weighted by Gasteiger charge is -2.12. The van der Waals surface area contributed by atoms with Crippen molar-refractivity contribution in [3.8, 4) is 6.07 Å². The normalized spacial score (nSPS) is 12.8. The lowest BCUT2D eigenvalue weighted by atomic mass is 10.1. The predicted octanol–water partition coefficient (Wildman–Crippen LogP) is 1.93. The van der Waals surface area contributed by atoms with E-state index in [1.165, 1.54) is 36.4 Å². The molecule has 3 rings (SSSR count). The lowest BCUT2D eigenvalue weighted by molar-refractivity contribution is -0.0584. The number of carbonyl (C=O) groups is 3. The molecular weight excluding hydrogens is 284 g/mol. The van der Waals surface area contributed by atoms with E-state index >= 15 is 0 Å². The van der Waals surface area contributed by atoms with E-state index in [1.807, 2.05) is 6.07 Å². The molecule has 0 spiro atoms. The second kappa shape index (κ2) is 5.14. The van der Waals surface area contributed by atoms with Crippen molar-refractivity contribution >= 4 is 17.8 Å². The molecular formula is C16H8N2O4. The number of hydroxylamine groups is 2. The van der Waals surface area contributed by atoms with Gasteiger partial charge >= 0.3 is 5.97 Å². The average Bonchev–Trinajstić information content (AvgIpc) is 2.80. The first-order valence-electron chi connectivity index (χ1n) is 6.32. The lowest BCUT2D eigenvalue weighted by Crippen LogP contribution is -2.32. The number of nitrogens with zero attached hydrogens (tertiary/aromatic N) is 2. The molecule has 2 aromatic rings. The summed E-state index contributed by atoms with van der Waals surface area (Å²) in [5.41, 5.74) is 0.726. The number of benzene rings is 2. The predicted molar refractivity (Wildman–Crippen MR) is 73.5 cm³/mol. The number of fused-ring (bicyclic) bond motifs is 1. The summed E-state index contributed by atoms with van der Waals surface area (Å²) in [7, 11) is 0. The largest absolute Gasteiger partial charge is 0.363 e. The van der Waals surface area contributed by atoms with Crippen molar-refractivity contribution in [3.05, 3.63) is 70.8 Å². The number of hydrogen-bond acceptors (Lipinski definition) is 5. The van der Waals surface area contributed by atoms with E-state index in [2.05, 4.69) is 0 Å². The van der Waals surface area contributed by atoms with E-state index in [4.69, 9.17) is 10.1 Å². The summed E-state index contributed by atoms with van der Waals surface area (Å²) in [6.45, 7) is 0. The molecule has 0 saturated heterocycles. The highest BCUT2D eigenvalue weighted by Gasteiger charge is 2.38. The zero-order valence-corrected chi connectivity index (χ0v) is 11.1. The molecule has 1 heterocycles. The highest BCUT2D eigenvalue weighted by molar-refractivity contribution is 6.21. The molecule has 0 aliphatic carbocycles. The van der Waals surface area contributed by atoms with Crippen LogP contribution >= 0.6 is 0 Å². The van der Waals surface area contributed by atoms with Crippen molar-refractivity contribution in [1.29, 1.82) is 5.26 Å². The first-order chi connectivity index (χ1) is 10.6. The molecule has 0 N–H and O–H groups in total. The van der Waals surface area contributed by atoms with Crippen LogP contribution in [0.4, 0.5) is 0 Å². The molecule has 1 aliphatic rings. The monoisotopic (exact) mass is 292 g/mol. The van der Waals surface area contributed by atoms with Crippen molar-refractivity contribution < 1.29 is 19.2 Å². The molecule has 0 unspecified atom stereocenters. The van der Waals surface area contributed by atoms with Gasteiger partial charge in [0.15, 0.2) is 0 Å². The topological polar surface area (TPSA) is 87.5 Å². The van der Waals surface area contributed by atoms with E-state index in [0.717, 1.165) is 0 Å². The summed E-state index contributed by atoms with van der Waals surface area (Å²) in [5.74, 6) is -2.26. The van der Waals surface area contributed by atoms with Crippen LogP contribution < -0.4 is 0 Å². The zero-order chi connectivity index (χ0) is 15.7. The quantitative estimate of drug-likeness (QED) is 0.789.